The van der Waals surface area contributed by atoms with Crippen molar-refractivity contribution >= 4 is 11.6 Å². The molecule has 0 spiro atoms. The molecule has 2 rings (SSSR count). The van der Waals surface area contributed by atoms with Gasteiger partial charge in [-0.2, -0.15) is 13.2 Å². The van der Waals surface area contributed by atoms with E-state index in [0.29, 0.717) is 6.54 Å². The first kappa shape index (κ1) is 15.8. The number of alkyl halides is 3. The summed E-state index contributed by atoms with van der Waals surface area (Å²) in [6.45, 7) is 4.12. The maximum Gasteiger partial charge on any atom is 0.451 e. The van der Waals surface area contributed by atoms with E-state index >= 15 is 0 Å². The van der Waals surface area contributed by atoms with Crippen LogP contribution in [-0.4, -0.2) is 34.6 Å². The molecule has 1 aliphatic heterocycles. The molecule has 2 heterocycles. The number of aromatic nitrogens is 2. The maximum atomic E-state index is 12.9. The monoisotopic (exact) mass is 303 g/mol. The molecule has 8 heteroatoms. The van der Waals surface area contributed by atoms with E-state index in [1.54, 1.807) is 0 Å². The zero-order valence-corrected chi connectivity index (χ0v) is 12.0. The Morgan fingerprint density at radius 1 is 1.14 bits per heavy atom. The van der Waals surface area contributed by atoms with E-state index in [-0.39, 0.29) is 11.6 Å². The fourth-order valence-corrected chi connectivity index (χ4v) is 2.14. The van der Waals surface area contributed by atoms with Crippen LogP contribution < -0.4 is 10.7 Å². The molecule has 1 aromatic rings. The molecule has 0 saturated carbocycles. The van der Waals surface area contributed by atoms with Crippen LogP contribution in [0.1, 0.15) is 38.4 Å². The number of halogens is 3. The fraction of sp³-hybridized carbons (Fsp3) is 0.692. The summed E-state index contributed by atoms with van der Waals surface area (Å²) >= 11 is 0. The lowest BCUT2D eigenvalue weighted by molar-refractivity contribution is -0.144. The number of nitrogens with one attached hydrogen (secondary N) is 2. The van der Waals surface area contributed by atoms with Gasteiger partial charge in [-0.1, -0.05) is 13.3 Å². The first-order chi connectivity index (χ1) is 9.99. The predicted octanol–water partition coefficient (Wildman–Crippen LogP) is 3.13. The molecule has 1 aliphatic rings. The summed E-state index contributed by atoms with van der Waals surface area (Å²) in [6.07, 6.45) is -0.530. The molecule has 0 amide bonds. The number of anilines is 2. The Kier molecular flexibility index (Phi) is 5.22. The Labute approximate surface area is 121 Å². The third-order valence-electron chi connectivity index (χ3n) is 3.16. The van der Waals surface area contributed by atoms with E-state index < -0.39 is 12.0 Å². The Balaban J connectivity index is 2.17. The van der Waals surface area contributed by atoms with Gasteiger partial charge in [-0.05, 0) is 19.3 Å². The molecular formula is C13H20F3N5. The molecule has 118 valence electrons. The average Bonchev–Trinajstić information content (AvgIpc) is 2.45. The van der Waals surface area contributed by atoms with Crippen LogP contribution in [0.15, 0.2) is 6.07 Å². The van der Waals surface area contributed by atoms with Gasteiger partial charge in [-0.3, -0.25) is 0 Å². The van der Waals surface area contributed by atoms with Crippen molar-refractivity contribution in [3.05, 3.63) is 11.9 Å². The van der Waals surface area contributed by atoms with Crippen molar-refractivity contribution in [1.29, 1.82) is 0 Å². The van der Waals surface area contributed by atoms with Gasteiger partial charge >= 0.3 is 6.18 Å². The van der Waals surface area contributed by atoms with Crippen molar-refractivity contribution in [1.82, 2.24) is 15.0 Å². The van der Waals surface area contributed by atoms with Crippen LogP contribution in [0.2, 0.25) is 0 Å². The van der Waals surface area contributed by atoms with Crippen LogP contribution in [0.4, 0.5) is 24.8 Å². The number of hydrogen-bond donors (Lipinski definition) is 2. The van der Waals surface area contributed by atoms with Crippen molar-refractivity contribution in [2.45, 2.75) is 38.8 Å². The smallest absolute Gasteiger partial charge is 0.370 e. The van der Waals surface area contributed by atoms with Crippen LogP contribution in [0, 0.1) is 0 Å². The quantitative estimate of drug-likeness (QED) is 0.875. The fourth-order valence-electron chi connectivity index (χ4n) is 2.14. The summed E-state index contributed by atoms with van der Waals surface area (Å²) in [7, 11) is 0. The average molecular weight is 303 g/mol. The standard InChI is InChI=1S/C13H20F3N5/c1-2-6-17-10-9-11(19-12(18-10)13(14,15)16)20-21-7-4-3-5-8-21/h9H,2-8H2,1H3,(H2,17,18,19,20). The molecule has 1 aromatic heterocycles. The van der Waals surface area contributed by atoms with Gasteiger partial charge in [0.1, 0.15) is 11.6 Å². The highest BCUT2D eigenvalue weighted by molar-refractivity contribution is 5.47. The highest BCUT2D eigenvalue weighted by Crippen LogP contribution is 2.28. The summed E-state index contributed by atoms with van der Waals surface area (Å²) in [5, 5.41) is 4.77. The second-order valence-electron chi connectivity index (χ2n) is 5.05. The summed E-state index contributed by atoms with van der Waals surface area (Å²) in [5.41, 5.74) is 2.95. The van der Waals surface area contributed by atoms with E-state index in [2.05, 4.69) is 20.7 Å². The normalized spacial score (nSPS) is 16.8. The van der Waals surface area contributed by atoms with E-state index in [1.165, 1.54) is 6.07 Å². The minimum atomic E-state index is -4.55. The van der Waals surface area contributed by atoms with Crippen molar-refractivity contribution in [3.63, 3.8) is 0 Å². The van der Waals surface area contributed by atoms with Crippen LogP contribution >= 0.6 is 0 Å². The highest BCUT2D eigenvalue weighted by Gasteiger charge is 2.35. The molecule has 1 saturated heterocycles. The summed E-state index contributed by atoms with van der Waals surface area (Å²) in [4.78, 5) is 7.11. The van der Waals surface area contributed by atoms with Crippen molar-refractivity contribution < 1.29 is 13.2 Å². The third-order valence-corrected chi connectivity index (χ3v) is 3.16. The molecule has 1 fully saturated rings. The molecular weight excluding hydrogens is 283 g/mol. The zero-order chi connectivity index (χ0) is 15.3. The van der Waals surface area contributed by atoms with Gasteiger partial charge < -0.3 is 10.7 Å². The molecule has 0 aromatic carbocycles. The minimum absolute atomic E-state index is 0.179. The van der Waals surface area contributed by atoms with Crippen molar-refractivity contribution in [2.75, 3.05) is 30.4 Å². The Bertz CT molecular complexity index is 458. The van der Waals surface area contributed by atoms with Gasteiger partial charge in [0.25, 0.3) is 0 Å². The Hall–Kier alpha value is -1.57. The second kappa shape index (κ2) is 6.93. The zero-order valence-electron chi connectivity index (χ0n) is 12.0. The SMILES string of the molecule is CCCNc1cc(NN2CCCCC2)nc(C(F)(F)F)n1. The number of piperidine rings is 1. The summed E-state index contributed by atoms with van der Waals surface area (Å²) in [6, 6.07) is 1.51. The highest BCUT2D eigenvalue weighted by atomic mass is 19.4. The van der Waals surface area contributed by atoms with Crippen molar-refractivity contribution in [3.8, 4) is 0 Å². The Morgan fingerprint density at radius 2 is 1.81 bits per heavy atom. The van der Waals surface area contributed by atoms with Crippen LogP contribution in [0.5, 0.6) is 0 Å². The first-order valence-electron chi connectivity index (χ1n) is 7.21. The van der Waals surface area contributed by atoms with E-state index in [1.807, 2.05) is 11.9 Å². The van der Waals surface area contributed by atoms with Crippen molar-refractivity contribution in [2.24, 2.45) is 0 Å². The van der Waals surface area contributed by atoms with E-state index in [4.69, 9.17) is 0 Å². The molecule has 0 aliphatic carbocycles. The van der Waals surface area contributed by atoms with Gasteiger partial charge in [0.05, 0.1) is 0 Å². The number of rotatable bonds is 5. The van der Waals surface area contributed by atoms with Crippen LogP contribution in [-0.2, 0) is 6.18 Å². The maximum absolute atomic E-state index is 12.9. The molecule has 21 heavy (non-hydrogen) atoms. The van der Waals surface area contributed by atoms with Crippen LogP contribution in [0.25, 0.3) is 0 Å². The molecule has 0 radical (unpaired) electrons. The molecule has 0 atom stereocenters. The summed E-state index contributed by atoms with van der Waals surface area (Å²) < 4.78 is 38.6. The van der Waals surface area contributed by atoms with Crippen LogP contribution in [0.3, 0.4) is 0 Å². The lowest BCUT2D eigenvalue weighted by Crippen LogP contribution is -2.35. The van der Waals surface area contributed by atoms with Gasteiger partial charge in [0.15, 0.2) is 0 Å². The minimum Gasteiger partial charge on any atom is -0.370 e. The van der Waals surface area contributed by atoms with E-state index in [0.717, 1.165) is 38.8 Å². The van der Waals surface area contributed by atoms with Gasteiger partial charge in [0, 0.05) is 25.7 Å². The first-order valence-corrected chi connectivity index (χ1v) is 7.21. The largest absolute Gasteiger partial charge is 0.451 e. The summed E-state index contributed by atoms with van der Waals surface area (Å²) in [5.74, 6) is -0.750. The lowest BCUT2D eigenvalue weighted by atomic mass is 10.2. The predicted molar refractivity (Wildman–Crippen MR) is 74.9 cm³/mol. The topological polar surface area (TPSA) is 53.1 Å². The second-order valence-corrected chi connectivity index (χ2v) is 5.05. The lowest BCUT2D eigenvalue weighted by Gasteiger charge is -2.27. The number of hydrogen-bond acceptors (Lipinski definition) is 5. The number of hydrazine groups is 1. The number of nitrogens with zero attached hydrogens (tertiary/aromatic N) is 3. The van der Waals surface area contributed by atoms with Gasteiger partial charge in [-0.15, -0.1) is 0 Å². The molecule has 5 nitrogen and oxygen atoms in total. The molecule has 0 unspecified atom stereocenters. The van der Waals surface area contributed by atoms with Gasteiger partial charge in [0.2, 0.25) is 5.82 Å². The molecule has 2 N–H and O–H groups in total. The molecule has 0 bridgehead atoms. The Morgan fingerprint density at radius 3 is 2.43 bits per heavy atom. The third kappa shape index (κ3) is 4.73. The van der Waals surface area contributed by atoms with Gasteiger partial charge in [-0.25, -0.2) is 15.0 Å². The van der Waals surface area contributed by atoms with E-state index in [9.17, 15) is 13.2 Å².